The molecule has 0 fully saturated rings. The third-order valence-electron chi connectivity index (χ3n) is 3.78. The molecule has 2 aromatic rings. The average molecular weight is 338 g/mol. The van der Waals surface area contributed by atoms with Crippen LogP contribution in [0.2, 0.25) is 0 Å². The van der Waals surface area contributed by atoms with Crippen molar-refractivity contribution in [2.45, 2.75) is 0 Å². The van der Waals surface area contributed by atoms with Crippen LogP contribution in [0.3, 0.4) is 0 Å². The zero-order chi connectivity index (χ0) is 17.8. The first-order valence-corrected chi connectivity index (χ1v) is 7.63. The summed E-state index contributed by atoms with van der Waals surface area (Å²) in [5.74, 6) is 2.02. The van der Waals surface area contributed by atoms with E-state index in [0.717, 1.165) is 11.3 Å². The molecule has 2 aromatic carbocycles. The van der Waals surface area contributed by atoms with Crippen LogP contribution >= 0.6 is 0 Å². The molecule has 0 unspecified atom stereocenters. The minimum Gasteiger partial charge on any atom is -0.497 e. The van der Waals surface area contributed by atoms with Crippen molar-refractivity contribution in [3.8, 4) is 17.2 Å². The average Bonchev–Trinajstić information content (AvgIpc) is 3.01. The maximum Gasteiger partial charge on any atom is 0.275 e. The third-order valence-corrected chi connectivity index (χ3v) is 3.78. The maximum absolute atomic E-state index is 12.3. The molecule has 6 heteroatoms. The summed E-state index contributed by atoms with van der Waals surface area (Å²) in [6.07, 6.45) is 1.71. The Morgan fingerprint density at radius 3 is 2.12 bits per heavy atom. The van der Waals surface area contributed by atoms with Crippen LogP contribution in [0.1, 0.15) is 11.1 Å². The predicted molar refractivity (Wildman–Crippen MR) is 95.2 cm³/mol. The molecule has 0 saturated carbocycles. The van der Waals surface area contributed by atoms with Crippen molar-refractivity contribution in [1.29, 1.82) is 0 Å². The van der Waals surface area contributed by atoms with E-state index < -0.39 is 0 Å². The highest BCUT2D eigenvalue weighted by Crippen LogP contribution is 2.30. The van der Waals surface area contributed by atoms with E-state index in [1.807, 2.05) is 30.3 Å². The van der Waals surface area contributed by atoms with E-state index in [2.05, 4.69) is 10.3 Å². The summed E-state index contributed by atoms with van der Waals surface area (Å²) < 4.78 is 15.9. The Morgan fingerprint density at radius 1 is 0.920 bits per heavy atom. The Kier molecular flexibility index (Phi) is 4.70. The van der Waals surface area contributed by atoms with E-state index >= 15 is 0 Å². The molecule has 128 valence electrons. The second-order valence-electron chi connectivity index (χ2n) is 5.25. The summed E-state index contributed by atoms with van der Waals surface area (Å²) >= 11 is 0. The zero-order valence-corrected chi connectivity index (χ0v) is 14.2. The van der Waals surface area contributed by atoms with Gasteiger partial charge < -0.3 is 19.5 Å². The van der Waals surface area contributed by atoms with Crippen LogP contribution in [0, 0.1) is 0 Å². The molecular formula is C19H18N2O4. The molecule has 1 aliphatic heterocycles. The number of carbonyl (C=O) groups is 1. The van der Waals surface area contributed by atoms with Crippen molar-refractivity contribution in [2.75, 3.05) is 21.3 Å². The molecule has 3 rings (SSSR count). The number of hydrogen-bond donors (Lipinski definition) is 1. The van der Waals surface area contributed by atoms with Gasteiger partial charge in [0, 0.05) is 0 Å². The van der Waals surface area contributed by atoms with E-state index in [9.17, 15) is 4.79 Å². The van der Waals surface area contributed by atoms with Gasteiger partial charge in [0.1, 0.15) is 34.3 Å². The molecule has 0 aromatic heterocycles. The Bertz CT molecular complexity index is 832. The van der Waals surface area contributed by atoms with Gasteiger partial charge in [0.15, 0.2) is 0 Å². The summed E-state index contributed by atoms with van der Waals surface area (Å²) in [4.78, 5) is 16.7. The monoisotopic (exact) mass is 338 g/mol. The van der Waals surface area contributed by atoms with Crippen molar-refractivity contribution < 1.29 is 19.0 Å². The minimum atomic E-state index is -0.279. The first-order chi connectivity index (χ1) is 12.2. The van der Waals surface area contributed by atoms with Crippen LogP contribution in [0.15, 0.2) is 53.2 Å². The molecular weight excluding hydrogens is 320 g/mol. The summed E-state index contributed by atoms with van der Waals surface area (Å²) in [5.41, 5.74) is 1.77. The van der Waals surface area contributed by atoms with Crippen molar-refractivity contribution >= 4 is 17.8 Å². The molecule has 0 radical (unpaired) electrons. The van der Waals surface area contributed by atoms with E-state index in [1.54, 1.807) is 39.5 Å². The van der Waals surface area contributed by atoms with Crippen LogP contribution in [0.5, 0.6) is 17.2 Å². The fourth-order valence-corrected chi connectivity index (χ4v) is 2.53. The maximum atomic E-state index is 12.3. The molecule has 1 N–H and O–H groups in total. The van der Waals surface area contributed by atoms with Gasteiger partial charge in [0.2, 0.25) is 0 Å². The molecule has 0 spiro atoms. The van der Waals surface area contributed by atoms with Gasteiger partial charge in [-0.15, -0.1) is 0 Å². The normalized spacial score (nSPS) is 14.9. The molecule has 0 saturated heterocycles. The lowest BCUT2D eigenvalue weighted by atomic mass is 10.1. The molecule has 25 heavy (non-hydrogen) atoms. The van der Waals surface area contributed by atoms with E-state index in [1.165, 1.54) is 0 Å². The zero-order valence-electron chi connectivity index (χ0n) is 14.2. The number of nitrogens with zero attached hydrogens (tertiary/aromatic N) is 1. The number of carbonyl (C=O) groups excluding carboxylic acids is 1. The first-order valence-electron chi connectivity index (χ1n) is 7.63. The molecule has 1 aliphatic rings. The number of amides is 1. The molecule has 0 atom stereocenters. The molecule has 1 amide bonds. The topological polar surface area (TPSA) is 69.2 Å². The summed E-state index contributed by atoms with van der Waals surface area (Å²) in [7, 11) is 4.72. The fourth-order valence-electron chi connectivity index (χ4n) is 2.53. The van der Waals surface area contributed by atoms with Crippen molar-refractivity contribution in [2.24, 2.45) is 4.99 Å². The molecule has 0 aliphatic carbocycles. The number of hydrogen-bond acceptors (Lipinski definition) is 5. The fraction of sp³-hybridized carbons (Fsp3) is 0.158. The SMILES string of the molecule is COc1ccc(/C=C2/N=C(c3c(OC)cccc3OC)NC2=O)cc1. The lowest BCUT2D eigenvalue weighted by molar-refractivity contribution is -0.115. The van der Waals surface area contributed by atoms with Crippen LogP contribution < -0.4 is 19.5 Å². The number of aliphatic imine (C=N–C) groups is 1. The number of nitrogens with one attached hydrogen (secondary N) is 1. The third kappa shape index (κ3) is 3.33. The van der Waals surface area contributed by atoms with Gasteiger partial charge >= 0.3 is 0 Å². The number of amidine groups is 1. The highest BCUT2D eigenvalue weighted by atomic mass is 16.5. The molecule has 0 bridgehead atoms. The smallest absolute Gasteiger partial charge is 0.275 e. The van der Waals surface area contributed by atoms with Gasteiger partial charge in [-0.1, -0.05) is 18.2 Å². The lowest BCUT2D eigenvalue weighted by Crippen LogP contribution is -2.25. The van der Waals surface area contributed by atoms with Crippen LogP contribution in [-0.2, 0) is 4.79 Å². The second-order valence-corrected chi connectivity index (χ2v) is 5.25. The number of ether oxygens (including phenoxy) is 3. The van der Waals surface area contributed by atoms with Gasteiger partial charge in [-0.3, -0.25) is 4.79 Å². The van der Waals surface area contributed by atoms with Crippen LogP contribution in [0.25, 0.3) is 6.08 Å². The first kappa shape index (κ1) is 16.6. The van der Waals surface area contributed by atoms with Gasteiger partial charge in [-0.05, 0) is 35.9 Å². The van der Waals surface area contributed by atoms with Gasteiger partial charge in [0.05, 0.1) is 21.3 Å². The largest absolute Gasteiger partial charge is 0.497 e. The molecule has 6 nitrogen and oxygen atoms in total. The summed E-state index contributed by atoms with van der Waals surface area (Å²) in [5, 5.41) is 2.77. The number of benzene rings is 2. The predicted octanol–water partition coefficient (Wildman–Crippen LogP) is 2.63. The van der Waals surface area contributed by atoms with Crippen molar-refractivity contribution in [1.82, 2.24) is 5.32 Å². The Hall–Kier alpha value is -3.28. The number of rotatable bonds is 5. The highest BCUT2D eigenvalue weighted by molar-refractivity contribution is 6.21. The van der Waals surface area contributed by atoms with E-state index in [-0.39, 0.29) is 5.91 Å². The van der Waals surface area contributed by atoms with Gasteiger partial charge in [-0.2, -0.15) is 0 Å². The van der Waals surface area contributed by atoms with Crippen LogP contribution in [-0.4, -0.2) is 33.1 Å². The Balaban J connectivity index is 1.99. The lowest BCUT2D eigenvalue weighted by Gasteiger charge is -2.12. The van der Waals surface area contributed by atoms with E-state index in [0.29, 0.717) is 28.6 Å². The van der Waals surface area contributed by atoms with Crippen molar-refractivity contribution in [3.63, 3.8) is 0 Å². The summed E-state index contributed by atoms with van der Waals surface area (Å²) in [6, 6.07) is 12.8. The second kappa shape index (κ2) is 7.09. The standard InChI is InChI=1S/C19H18N2O4/c1-23-13-9-7-12(8-10-13)11-14-19(22)21-18(20-14)17-15(24-2)5-4-6-16(17)25-3/h4-11H,1-3H3,(H,20,21,22)/b14-11+. The quantitative estimate of drug-likeness (QED) is 0.851. The van der Waals surface area contributed by atoms with Crippen molar-refractivity contribution in [3.05, 3.63) is 59.3 Å². The van der Waals surface area contributed by atoms with Gasteiger partial charge in [-0.25, -0.2) is 4.99 Å². The highest BCUT2D eigenvalue weighted by Gasteiger charge is 2.26. The van der Waals surface area contributed by atoms with Crippen LogP contribution in [0.4, 0.5) is 0 Å². The summed E-state index contributed by atoms with van der Waals surface area (Å²) in [6.45, 7) is 0. The van der Waals surface area contributed by atoms with E-state index in [4.69, 9.17) is 14.2 Å². The number of methoxy groups -OCH3 is 3. The van der Waals surface area contributed by atoms with Gasteiger partial charge in [0.25, 0.3) is 5.91 Å². The minimum absolute atomic E-state index is 0.279. The Labute approximate surface area is 145 Å². The molecule has 1 heterocycles. The Morgan fingerprint density at radius 2 is 1.56 bits per heavy atom.